The summed E-state index contributed by atoms with van der Waals surface area (Å²) in [4.78, 5) is 4.09. The van der Waals surface area contributed by atoms with Crippen LogP contribution in [0.4, 0.5) is 5.69 Å². The monoisotopic (exact) mass is 328 g/mol. The molecule has 2 aromatic carbocycles. The molecule has 0 atom stereocenters. The fourth-order valence-corrected chi connectivity index (χ4v) is 2.64. The van der Waals surface area contributed by atoms with Crippen molar-refractivity contribution in [2.75, 3.05) is 5.73 Å². The Morgan fingerprint density at radius 3 is 2.70 bits per heavy atom. The zero-order chi connectivity index (χ0) is 14.1. The van der Waals surface area contributed by atoms with E-state index < -0.39 is 0 Å². The number of benzene rings is 2. The van der Waals surface area contributed by atoms with Crippen molar-refractivity contribution in [3.8, 4) is 11.5 Å². The molecule has 3 aromatic rings. The Morgan fingerprint density at radius 1 is 1.10 bits per heavy atom. The summed E-state index contributed by atoms with van der Waals surface area (Å²) < 4.78 is 6.82. The molecule has 0 fully saturated rings. The number of nitrogen functional groups attached to an aromatic ring is 1. The third-order valence-corrected chi connectivity index (χ3v) is 3.75. The molecule has 1 heterocycles. The van der Waals surface area contributed by atoms with Gasteiger partial charge in [-0.05, 0) is 58.7 Å². The van der Waals surface area contributed by atoms with Gasteiger partial charge >= 0.3 is 0 Å². The molecule has 4 heteroatoms. The summed E-state index contributed by atoms with van der Waals surface area (Å²) in [6.07, 6.45) is 3.52. The highest BCUT2D eigenvalue weighted by atomic mass is 79.9. The van der Waals surface area contributed by atoms with Crippen molar-refractivity contribution in [2.45, 2.75) is 6.92 Å². The van der Waals surface area contributed by atoms with Gasteiger partial charge in [0.05, 0.1) is 10.2 Å². The minimum Gasteiger partial charge on any atom is -0.454 e. The number of aryl methyl sites for hydroxylation is 1. The van der Waals surface area contributed by atoms with Crippen LogP contribution in [0.15, 0.2) is 53.3 Å². The van der Waals surface area contributed by atoms with E-state index in [9.17, 15) is 0 Å². The quantitative estimate of drug-likeness (QED) is 0.695. The van der Waals surface area contributed by atoms with E-state index in [0.717, 1.165) is 21.0 Å². The first kappa shape index (κ1) is 12.9. The van der Waals surface area contributed by atoms with E-state index in [0.29, 0.717) is 11.4 Å². The number of halogens is 1. The van der Waals surface area contributed by atoms with Crippen LogP contribution in [0.5, 0.6) is 11.5 Å². The maximum Gasteiger partial charge on any atom is 0.151 e. The minimum atomic E-state index is 0.623. The molecule has 0 aliphatic carbocycles. The highest BCUT2D eigenvalue weighted by Gasteiger charge is 2.08. The molecule has 3 nitrogen and oxygen atoms in total. The number of rotatable bonds is 2. The second-order valence-corrected chi connectivity index (χ2v) is 5.46. The van der Waals surface area contributed by atoms with E-state index in [1.54, 1.807) is 12.4 Å². The predicted molar refractivity (Wildman–Crippen MR) is 85.1 cm³/mol. The van der Waals surface area contributed by atoms with Crippen molar-refractivity contribution in [1.82, 2.24) is 4.98 Å². The summed E-state index contributed by atoms with van der Waals surface area (Å²) in [6.45, 7) is 2.03. The van der Waals surface area contributed by atoms with Crippen molar-refractivity contribution >= 4 is 32.4 Å². The van der Waals surface area contributed by atoms with Crippen LogP contribution in [0.3, 0.4) is 0 Å². The molecule has 2 N–H and O–H groups in total. The Morgan fingerprint density at radius 2 is 1.90 bits per heavy atom. The number of anilines is 1. The van der Waals surface area contributed by atoms with Crippen molar-refractivity contribution in [1.29, 1.82) is 0 Å². The molecule has 0 saturated carbocycles. The summed E-state index contributed by atoms with van der Waals surface area (Å²) in [5, 5.41) is 1.95. The number of nitrogens with two attached hydrogens (primary N) is 1. The predicted octanol–water partition coefficient (Wildman–Crippen LogP) is 4.68. The first-order valence-electron chi connectivity index (χ1n) is 6.21. The van der Waals surface area contributed by atoms with Crippen LogP contribution < -0.4 is 10.5 Å². The highest BCUT2D eigenvalue weighted by molar-refractivity contribution is 9.10. The van der Waals surface area contributed by atoms with Gasteiger partial charge in [0.2, 0.25) is 0 Å². The lowest BCUT2D eigenvalue weighted by atomic mass is 10.1. The van der Waals surface area contributed by atoms with Gasteiger partial charge in [-0.3, -0.25) is 4.98 Å². The Balaban J connectivity index is 2.04. The van der Waals surface area contributed by atoms with Crippen LogP contribution in [0.1, 0.15) is 5.56 Å². The lowest BCUT2D eigenvalue weighted by Gasteiger charge is -2.12. The van der Waals surface area contributed by atoms with Gasteiger partial charge in [-0.1, -0.05) is 6.07 Å². The molecule has 0 aliphatic rings. The molecule has 0 bridgehead atoms. The molecule has 0 saturated heterocycles. The molecule has 1 aromatic heterocycles. The number of fused-ring (bicyclic) bond motifs is 1. The van der Waals surface area contributed by atoms with E-state index in [2.05, 4.69) is 20.9 Å². The summed E-state index contributed by atoms with van der Waals surface area (Å²) >= 11 is 3.50. The standard InChI is InChI=1S/C16H13BrN2O/c1-10-2-4-14(13(17)8-10)20-15-5-3-11-9-19-7-6-12(11)16(15)18/h2-9H,18H2,1H3. The van der Waals surface area contributed by atoms with Crippen LogP contribution in [0, 0.1) is 6.92 Å². The van der Waals surface area contributed by atoms with E-state index in [4.69, 9.17) is 10.5 Å². The van der Waals surface area contributed by atoms with Gasteiger partial charge in [-0.2, -0.15) is 0 Å². The first-order chi connectivity index (χ1) is 9.65. The van der Waals surface area contributed by atoms with Gasteiger partial charge < -0.3 is 10.5 Å². The van der Waals surface area contributed by atoms with Gasteiger partial charge in [-0.15, -0.1) is 0 Å². The molecule has 20 heavy (non-hydrogen) atoms. The Hall–Kier alpha value is -2.07. The number of hydrogen-bond donors (Lipinski definition) is 1. The maximum atomic E-state index is 6.18. The third-order valence-electron chi connectivity index (χ3n) is 3.13. The topological polar surface area (TPSA) is 48.1 Å². The average molecular weight is 329 g/mol. The molecule has 0 unspecified atom stereocenters. The van der Waals surface area contributed by atoms with Crippen molar-refractivity contribution < 1.29 is 4.74 Å². The lowest BCUT2D eigenvalue weighted by Crippen LogP contribution is -1.94. The number of nitrogens with zero attached hydrogens (tertiary/aromatic N) is 1. The van der Waals surface area contributed by atoms with Gasteiger partial charge in [0.1, 0.15) is 5.75 Å². The smallest absolute Gasteiger partial charge is 0.151 e. The van der Waals surface area contributed by atoms with Crippen molar-refractivity contribution in [2.24, 2.45) is 0 Å². The molecular weight excluding hydrogens is 316 g/mol. The van der Waals surface area contributed by atoms with Crippen molar-refractivity contribution in [3.05, 3.63) is 58.8 Å². The summed E-state index contributed by atoms with van der Waals surface area (Å²) in [5.41, 5.74) is 7.97. The number of aromatic nitrogens is 1. The van der Waals surface area contributed by atoms with E-state index in [1.807, 2.05) is 43.3 Å². The fourth-order valence-electron chi connectivity index (χ4n) is 2.07. The van der Waals surface area contributed by atoms with E-state index >= 15 is 0 Å². The zero-order valence-corrected chi connectivity index (χ0v) is 12.5. The zero-order valence-electron chi connectivity index (χ0n) is 10.9. The summed E-state index contributed by atoms with van der Waals surface area (Å²) in [6, 6.07) is 11.6. The number of ether oxygens (including phenoxy) is 1. The Labute approximate surface area is 125 Å². The van der Waals surface area contributed by atoms with Gasteiger partial charge in [0, 0.05) is 23.2 Å². The summed E-state index contributed by atoms with van der Waals surface area (Å²) in [5.74, 6) is 1.39. The van der Waals surface area contributed by atoms with Crippen LogP contribution in [0.2, 0.25) is 0 Å². The Kier molecular flexibility index (Phi) is 3.32. The number of pyridine rings is 1. The Bertz CT molecular complexity index is 787. The third kappa shape index (κ3) is 2.34. The van der Waals surface area contributed by atoms with Crippen LogP contribution in [-0.2, 0) is 0 Å². The molecular formula is C16H13BrN2O. The molecule has 0 amide bonds. The number of hydrogen-bond acceptors (Lipinski definition) is 3. The maximum absolute atomic E-state index is 6.18. The molecule has 0 spiro atoms. The van der Waals surface area contributed by atoms with Gasteiger partial charge in [0.15, 0.2) is 5.75 Å². The second kappa shape index (κ2) is 5.13. The average Bonchev–Trinajstić information content (AvgIpc) is 2.45. The van der Waals surface area contributed by atoms with Gasteiger partial charge in [0.25, 0.3) is 0 Å². The first-order valence-corrected chi connectivity index (χ1v) is 7.00. The molecule has 0 radical (unpaired) electrons. The highest BCUT2D eigenvalue weighted by Crippen LogP contribution is 2.36. The van der Waals surface area contributed by atoms with Crippen LogP contribution in [0.25, 0.3) is 10.8 Å². The largest absolute Gasteiger partial charge is 0.454 e. The minimum absolute atomic E-state index is 0.623. The SMILES string of the molecule is Cc1ccc(Oc2ccc3cnccc3c2N)c(Br)c1. The molecule has 0 aliphatic heterocycles. The van der Waals surface area contributed by atoms with E-state index in [1.165, 1.54) is 5.56 Å². The van der Waals surface area contributed by atoms with Crippen LogP contribution in [-0.4, -0.2) is 4.98 Å². The summed E-state index contributed by atoms with van der Waals surface area (Å²) in [7, 11) is 0. The lowest BCUT2D eigenvalue weighted by molar-refractivity contribution is 0.482. The van der Waals surface area contributed by atoms with Crippen LogP contribution >= 0.6 is 15.9 Å². The fraction of sp³-hybridized carbons (Fsp3) is 0.0625. The molecule has 3 rings (SSSR count). The second-order valence-electron chi connectivity index (χ2n) is 4.61. The van der Waals surface area contributed by atoms with Gasteiger partial charge in [-0.25, -0.2) is 0 Å². The normalized spacial score (nSPS) is 10.7. The van der Waals surface area contributed by atoms with Crippen molar-refractivity contribution in [3.63, 3.8) is 0 Å². The molecule has 100 valence electrons. The van der Waals surface area contributed by atoms with E-state index in [-0.39, 0.29) is 0 Å².